The standard InChI is InChI=1S/C29H39NO8S/c1-15-10-11-21-27(2,3)24(32)20(38-39(35,36)16-8-6-5-7-9-16)14-29(21)28(15,4)13-18-19(31)12-17-22(23(18)37-29)26(34)30-25(17)33/h5-9,15,17-23,26,31,34H,10-14H2,1-4H3,(H,30,33). The second kappa shape index (κ2) is 8.82. The lowest BCUT2D eigenvalue weighted by molar-refractivity contribution is -0.332. The van der Waals surface area contributed by atoms with Crippen molar-refractivity contribution in [2.75, 3.05) is 0 Å². The fraction of sp³-hybridized carbons (Fsp3) is 0.724. The maximum absolute atomic E-state index is 13.9. The number of aliphatic hydroxyl groups excluding tert-OH is 2. The molecule has 6 rings (SSSR count). The molecular formula is C29H39NO8S. The molecule has 1 spiro atoms. The smallest absolute Gasteiger partial charge is 0.297 e. The lowest BCUT2D eigenvalue weighted by Gasteiger charge is -2.70. The first kappa shape index (κ1) is 27.3. The Hall–Kier alpha value is -1.85. The third-order valence-corrected chi connectivity index (χ3v) is 12.7. The molecule has 3 saturated carbocycles. The maximum Gasteiger partial charge on any atom is 0.297 e. The van der Waals surface area contributed by atoms with Gasteiger partial charge in [0, 0.05) is 35.0 Å². The molecule has 1 aromatic carbocycles. The van der Waals surface area contributed by atoms with Gasteiger partial charge in [-0.25, -0.2) is 0 Å². The molecule has 10 heteroatoms. The Balaban J connectivity index is 1.45. The van der Waals surface area contributed by atoms with Gasteiger partial charge in [-0.1, -0.05) is 45.9 Å². The summed E-state index contributed by atoms with van der Waals surface area (Å²) in [6.07, 6.45) is -1.22. The van der Waals surface area contributed by atoms with E-state index < -0.39 is 62.9 Å². The number of amides is 1. The Morgan fingerprint density at radius 3 is 2.44 bits per heavy atom. The monoisotopic (exact) mass is 561 g/mol. The van der Waals surface area contributed by atoms with Gasteiger partial charge < -0.3 is 20.3 Å². The van der Waals surface area contributed by atoms with Crippen molar-refractivity contribution in [2.45, 2.75) is 94.8 Å². The van der Waals surface area contributed by atoms with Gasteiger partial charge >= 0.3 is 0 Å². The Morgan fingerprint density at radius 1 is 1.05 bits per heavy atom. The highest BCUT2D eigenvalue weighted by Gasteiger charge is 2.73. The summed E-state index contributed by atoms with van der Waals surface area (Å²) in [5, 5.41) is 24.7. The SMILES string of the molecule is CC1CCC2C(C)(C)C(=O)C(OS(=O)(=O)c3ccccc3)CC23OC2C(CC13C)C(O)CC1C(=O)NC(O)C12. The minimum Gasteiger partial charge on any atom is -0.393 e. The zero-order valence-corrected chi connectivity index (χ0v) is 23.7. The average molecular weight is 562 g/mol. The molecular weight excluding hydrogens is 522 g/mol. The fourth-order valence-electron chi connectivity index (χ4n) is 9.08. The number of carbonyl (C=O) groups is 2. The molecule has 5 fully saturated rings. The molecule has 11 atom stereocenters. The lowest BCUT2D eigenvalue weighted by Crippen LogP contribution is -2.74. The molecule has 3 N–H and O–H groups in total. The van der Waals surface area contributed by atoms with Gasteiger partial charge in [0.15, 0.2) is 5.78 Å². The predicted octanol–water partition coefficient (Wildman–Crippen LogP) is 2.40. The molecule has 11 unspecified atom stereocenters. The van der Waals surface area contributed by atoms with Crippen molar-refractivity contribution in [3.05, 3.63) is 30.3 Å². The number of benzene rings is 1. The second-order valence-corrected chi connectivity index (χ2v) is 14.9. The number of aliphatic hydroxyl groups is 2. The Bertz CT molecular complexity index is 1280. The molecule has 2 heterocycles. The number of carbonyl (C=O) groups excluding carboxylic acids is 2. The summed E-state index contributed by atoms with van der Waals surface area (Å²) in [6, 6.07) is 7.81. The van der Waals surface area contributed by atoms with Crippen LogP contribution in [0, 0.1) is 40.4 Å². The highest BCUT2D eigenvalue weighted by Crippen LogP contribution is 2.68. The third kappa shape index (κ3) is 3.74. The summed E-state index contributed by atoms with van der Waals surface area (Å²) in [5.74, 6) is -2.00. The number of hydrogen-bond acceptors (Lipinski definition) is 8. The molecule has 5 aliphatic rings. The van der Waals surface area contributed by atoms with Crippen LogP contribution in [-0.4, -0.2) is 60.5 Å². The van der Waals surface area contributed by atoms with Gasteiger partial charge in [-0.2, -0.15) is 8.42 Å². The maximum atomic E-state index is 13.9. The van der Waals surface area contributed by atoms with Crippen LogP contribution in [0.1, 0.15) is 59.8 Å². The Labute approximate surface area is 229 Å². The van der Waals surface area contributed by atoms with Crippen LogP contribution in [0.25, 0.3) is 0 Å². The molecule has 2 saturated heterocycles. The molecule has 0 bridgehead atoms. The van der Waals surface area contributed by atoms with Gasteiger partial charge in [0.05, 0.1) is 28.6 Å². The first-order valence-electron chi connectivity index (χ1n) is 14.1. The minimum absolute atomic E-state index is 0.0171. The van der Waals surface area contributed by atoms with Crippen LogP contribution >= 0.6 is 0 Å². The van der Waals surface area contributed by atoms with E-state index in [1.807, 2.05) is 13.8 Å². The molecule has 1 aromatic rings. The van der Waals surface area contributed by atoms with Crippen molar-refractivity contribution < 1.29 is 37.1 Å². The van der Waals surface area contributed by atoms with Crippen molar-refractivity contribution in [2.24, 2.45) is 40.4 Å². The molecule has 3 aliphatic carbocycles. The Kier molecular flexibility index (Phi) is 6.18. The van der Waals surface area contributed by atoms with Crippen molar-refractivity contribution in [1.29, 1.82) is 0 Å². The van der Waals surface area contributed by atoms with Crippen LogP contribution in [0.15, 0.2) is 35.2 Å². The normalized spacial score (nSPS) is 46.9. The van der Waals surface area contributed by atoms with Crippen LogP contribution < -0.4 is 5.32 Å². The third-order valence-electron chi connectivity index (χ3n) is 11.3. The number of Topliss-reactive ketones (excluding diaryl/α,β-unsaturated/α-hetero) is 1. The van der Waals surface area contributed by atoms with E-state index in [2.05, 4.69) is 19.2 Å². The molecule has 214 valence electrons. The summed E-state index contributed by atoms with van der Waals surface area (Å²) in [5.41, 5.74) is -2.40. The highest BCUT2D eigenvalue weighted by atomic mass is 32.2. The number of ketones is 1. The molecule has 2 aliphatic heterocycles. The fourth-order valence-corrected chi connectivity index (χ4v) is 10.1. The zero-order valence-electron chi connectivity index (χ0n) is 22.9. The van der Waals surface area contributed by atoms with Gasteiger partial charge in [-0.15, -0.1) is 0 Å². The number of rotatable bonds is 3. The largest absolute Gasteiger partial charge is 0.393 e. The summed E-state index contributed by atoms with van der Waals surface area (Å²) >= 11 is 0. The molecule has 39 heavy (non-hydrogen) atoms. The van der Waals surface area contributed by atoms with E-state index in [1.54, 1.807) is 18.2 Å². The summed E-state index contributed by atoms with van der Waals surface area (Å²) < 4.78 is 39.5. The van der Waals surface area contributed by atoms with Crippen molar-refractivity contribution in [3.63, 3.8) is 0 Å². The average Bonchev–Trinajstić information content (AvgIpc) is 3.16. The summed E-state index contributed by atoms with van der Waals surface area (Å²) in [4.78, 5) is 26.5. The number of ether oxygens (including phenoxy) is 1. The van der Waals surface area contributed by atoms with E-state index in [4.69, 9.17) is 8.92 Å². The summed E-state index contributed by atoms with van der Waals surface area (Å²) in [7, 11) is -4.23. The van der Waals surface area contributed by atoms with E-state index in [1.165, 1.54) is 12.1 Å². The van der Waals surface area contributed by atoms with Gasteiger partial charge in [0.2, 0.25) is 5.91 Å². The van der Waals surface area contributed by atoms with E-state index in [9.17, 15) is 28.2 Å². The second-order valence-electron chi connectivity index (χ2n) is 13.4. The van der Waals surface area contributed by atoms with E-state index in [0.717, 1.165) is 12.8 Å². The first-order valence-corrected chi connectivity index (χ1v) is 15.5. The van der Waals surface area contributed by atoms with Crippen molar-refractivity contribution in [1.82, 2.24) is 5.32 Å². The molecule has 0 radical (unpaired) electrons. The van der Waals surface area contributed by atoms with Crippen molar-refractivity contribution >= 4 is 21.8 Å². The Morgan fingerprint density at radius 2 is 1.74 bits per heavy atom. The van der Waals surface area contributed by atoms with E-state index in [0.29, 0.717) is 6.42 Å². The topological polar surface area (TPSA) is 139 Å². The first-order chi connectivity index (χ1) is 18.2. The number of fused-ring (bicyclic) bond motifs is 3. The quantitative estimate of drug-likeness (QED) is 0.478. The van der Waals surface area contributed by atoms with Crippen LogP contribution in [0.2, 0.25) is 0 Å². The predicted molar refractivity (Wildman–Crippen MR) is 139 cm³/mol. The van der Waals surface area contributed by atoms with Crippen LogP contribution in [0.5, 0.6) is 0 Å². The van der Waals surface area contributed by atoms with Crippen LogP contribution in [-0.2, 0) is 28.6 Å². The van der Waals surface area contributed by atoms with Gasteiger partial charge in [-0.3, -0.25) is 13.8 Å². The van der Waals surface area contributed by atoms with Crippen LogP contribution in [0.4, 0.5) is 0 Å². The summed E-state index contributed by atoms with van der Waals surface area (Å²) in [6.45, 7) is 8.01. The molecule has 9 nitrogen and oxygen atoms in total. The van der Waals surface area contributed by atoms with Crippen molar-refractivity contribution in [3.8, 4) is 0 Å². The number of nitrogens with one attached hydrogen (secondary N) is 1. The van der Waals surface area contributed by atoms with Gasteiger partial charge in [-0.05, 0) is 43.7 Å². The van der Waals surface area contributed by atoms with E-state index in [-0.39, 0.29) is 47.2 Å². The van der Waals surface area contributed by atoms with E-state index >= 15 is 0 Å². The van der Waals surface area contributed by atoms with Gasteiger partial charge in [0.1, 0.15) is 12.3 Å². The van der Waals surface area contributed by atoms with Crippen LogP contribution in [0.3, 0.4) is 0 Å². The highest BCUT2D eigenvalue weighted by molar-refractivity contribution is 7.86. The van der Waals surface area contributed by atoms with Gasteiger partial charge in [0.25, 0.3) is 10.1 Å². The number of hydrogen-bond donors (Lipinski definition) is 3. The lowest BCUT2D eigenvalue weighted by atomic mass is 9.42. The molecule has 0 aromatic heterocycles. The minimum atomic E-state index is -4.23. The zero-order chi connectivity index (χ0) is 28.1. The molecule has 1 amide bonds.